The summed E-state index contributed by atoms with van der Waals surface area (Å²) in [5, 5.41) is 11.1. The fourth-order valence-electron chi connectivity index (χ4n) is 4.06. The third-order valence-electron chi connectivity index (χ3n) is 5.88. The Morgan fingerprint density at radius 3 is 2.35 bits per heavy atom. The molecular weight excluding hydrogens is 392 g/mol. The van der Waals surface area contributed by atoms with E-state index in [-0.39, 0.29) is 11.3 Å². The van der Waals surface area contributed by atoms with Crippen LogP contribution in [0.3, 0.4) is 0 Å². The number of aliphatic hydroxyl groups is 1. The number of carbonyl (C=O) groups is 2. The molecule has 1 amide bonds. The molecule has 1 unspecified atom stereocenters. The summed E-state index contributed by atoms with van der Waals surface area (Å²) in [5.41, 5.74) is 2.24. The summed E-state index contributed by atoms with van der Waals surface area (Å²) in [6, 6.07) is 14.0. The Morgan fingerprint density at radius 2 is 1.77 bits per heavy atom. The van der Waals surface area contributed by atoms with Crippen LogP contribution >= 0.6 is 0 Å². The van der Waals surface area contributed by atoms with Gasteiger partial charge in [0.1, 0.15) is 11.5 Å². The molecule has 3 rings (SSSR count). The highest BCUT2D eigenvalue weighted by Crippen LogP contribution is 2.39. The van der Waals surface area contributed by atoms with Crippen LogP contribution in [0, 0.1) is 6.92 Å². The number of carbonyl (C=O) groups excluding carboxylic acids is 2. The van der Waals surface area contributed by atoms with Crippen LogP contribution in [0.4, 0.5) is 0 Å². The summed E-state index contributed by atoms with van der Waals surface area (Å²) < 4.78 is 5.29. The first kappa shape index (κ1) is 22.6. The Morgan fingerprint density at radius 1 is 1.10 bits per heavy atom. The van der Waals surface area contributed by atoms with Crippen LogP contribution in [-0.4, -0.2) is 59.9 Å². The van der Waals surface area contributed by atoms with E-state index in [4.69, 9.17) is 4.74 Å². The van der Waals surface area contributed by atoms with Gasteiger partial charge in [0.15, 0.2) is 0 Å². The number of rotatable bonds is 8. The zero-order chi connectivity index (χ0) is 22.5. The maximum Gasteiger partial charge on any atom is 0.295 e. The first-order valence-electron chi connectivity index (χ1n) is 10.6. The van der Waals surface area contributed by atoms with Crippen LogP contribution in [0.1, 0.15) is 36.6 Å². The minimum atomic E-state index is -0.653. The van der Waals surface area contributed by atoms with E-state index in [2.05, 4.69) is 18.7 Å². The van der Waals surface area contributed by atoms with Crippen molar-refractivity contribution in [3.05, 3.63) is 70.8 Å². The smallest absolute Gasteiger partial charge is 0.295 e. The molecule has 0 radical (unpaired) electrons. The number of likely N-dealkylation sites (N-methyl/N-ethyl adjacent to an activating group) is 1. The molecule has 1 atom stereocenters. The number of aliphatic hydroxyl groups excluding tert-OH is 1. The predicted octanol–water partition coefficient (Wildman–Crippen LogP) is 3.77. The molecule has 6 heteroatoms. The third kappa shape index (κ3) is 4.49. The van der Waals surface area contributed by atoms with Crippen molar-refractivity contribution in [2.45, 2.75) is 26.8 Å². The minimum absolute atomic E-state index is 0.125. The van der Waals surface area contributed by atoms with E-state index in [9.17, 15) is 14.7 Å². The van der Waals surface area contributed by atoms with Crippen molar-refractivity contribution < 1.29 is 19.4 Å². The molecule has 1 N–H and O–H groups in total. The van der Waals surface area contributed by atoms with E-state index < -0.39 is 17.7 Å². The van der Waals surface area contributed by atoms with Crippen LogP contribution in [0.2, 0.25) is 0 Å². The van der Waals surface area contributed by atoms with Gasteiger partial charge >= 0.3 is 0 Å². The van der Waals surface area contributed by atoms with Crippen molar-refractivity contribution in [3.8, 4) is 5.75 Å². The first-order valence-corrected chi connectivity index (χ1v) is 10.6. The molecule has 31 heavy (non-hydrogen) atoms. The number of ether oxygens (including phenoxy) is 1. The van der Waals surface area contributed by atoms with Crippen LogP contribution < -0.4 is 4.74 Å². The number of hydrogen-bond donors (Lipinski definition) is 1. The van der Waals surface area contributed by atoms with Gasteiger partial charge in [0, 0.05) is 18.7 Å². The molecule has 2 aromatic rings. The quantitative estimate of drug-likeness (QED) is 0.398. The third-order valence-corrected chi connectivity index (χ3v) is 5.88. The van der Waals surface area contributed by atoms with Crippen molar-refractivity contribution in [2.75, 3.05) is 33.3 Å². The normalized spacial score (nSPS) is 18.1. The van der Waals surface area contributed by atoms with Gasteiger partial charge in [0.05, 0.1) is 18.7 Å². The van der Waals surface area contributed by atoms with Crippen LogP contribution in [-0.2, 0) is 9.59 Å². The van der Waals surface area contributed by atoms with E-state index in [1.807, 2.05) is 37.3 Å². The second kappa shape index (κ2) is 9.79. The maximum atomic E-state index is 13.1. The van der Waals surface area contributed by atoms with Gasteiger partial charge in [-0.25, -0.2) is 0 Å². The molecule has 1 fully saturated rings. The molecule has 1 saturated heterocycles. The molecule has 1 heterocycles. The molecule has 6 nitrogen and oxygen atoms in total. The lowest BCUT2D eigenvalue weighted by molar-refractivity contribution is -0.140. The average Bonchev–Trinajstić information content (AvgIpc) is 3.04. The number of benzene rings is 2. The molecule has 1 aliphatic heterocycles. The summed E-state index contributed by atoms with van der Waals surface area (Å²) in [5.74, 6) is -0.703. The summed E-state index contributed by atoms with van der Waals surface area (Å²) in [7, 11) is 1.58. The Bertz CT molecular complexity index is 980. The van der Waals surface area contributed by atoms with Crippen LogP contribution in [0.25, 0.3) is 5.76 Å². The number of Topliss-reactive ketones (excluding diaryl/α,β-unsaturated/α-hetero) is 1. The molecule has 0 bridgehead atoms. The lowest BCUT2D eigenvalue weighted by Gasteiger charge is -2.28. The second-order valence-corrected chi connectivity index (χ2v) is 7.61. The van der Waals surface area contributed by atoms with Gasteiger partial charge in [-0.2, -0.15) is 0 Å². The monoisotopic (exact) mass is 422 g/mol. The predicted molar refractivity (Wildman–Crippen MR) is 121 cm³/mol. The molecule has 0 aliphatic carbocycles. The molecule has 0 aromatic heterocycles. The van der Waals surface area contributed by atoms with Crippen molar-refractivity contribution in [2.24, 2.45) is 0 Å². The number of nitrogens with zero attached hydrogens (tertiary/aromatic N) is 2. The second-order valence-electron chi connectivity index (χ2n) is 7.61. The zero-order valence-corrected chi connectivity index (χ0v) is 18.6. The van der Waals surface area contributed by atoms with Crippen molar-refractivity contribution in [3.63, 3.8) is 0 Å². The van der Waals surface area contributed by atoms with Gasteiger partial charge in [0.25, 0.3) is 11.7 Å². The SMILES string of the molecule is CCN(CC)CCN1C(=O)C(=O)/C(=C(\O)c2ccc(OC)c(C)c2)C1c1ccccc1. The fourth-order valence-corrected chi connectivity index (χ4v) is 4.06. The summed E-state index contributed by atoms with van der Waals surface area (Å²) in [4.78, 5) is 29.8. The zero-order valence-electron chi connectivity index (χ0n) is 18.6. The molecule has 2 aromatic carbocycles. The van der Waals surface area contributed by atoms with Gasteiger partial charge in [-0.05, 0) is 49.3 Å². The van der Waals surface area contributed by atoms with Crippen LogP contribution in [0.5, 0.6) is 5.75 Å². The Kier molecular flexibility index (Phi) is 7.13. The van der Waals surface area contributed by atoms with Gasteiger partial charge in [0.2, 0.25) is 0 Å². The van der Waals surface area contributed by atoms with Crippen molar-refractivity contribution in [1.82, 2.24) is 9.80 Å². The van der Waals surface area contributed by atoms with E-state index in [1.54, 1.807) is 30.2 Å². The minimum Gasteiger partial charge on any atom is -0.507 e. The fraction of sp³-hybridized carbons (Fsp3) is 0.360. The number of ketones is 1. The lowest BCUT2D eigenvalue weighted by atomic mass is 9.95. The van der Waals surface area contributed by atoms with E-state index in [0.717, 1.165) is 24.2 Å². The van der Waals surface area contributed by atoms with E-state index in [0.29, 0.717) is 24.4 Å². The van der Waals surface area contributed by atoms with Crippen molar-refractivity contribution >= 4 is 17.4 Å². The summed E-state index contributed by atoms with van der Waals surface area (Å²) >= 11 is 0. The highest BCUT2D eigenvalue weighted by molar-refractivity contribution is 6.46. The number of hydrogen-bond acceptors (Lipinski definition) is 5. The van der Waals surface area contributed by atoms with Gasteiger partial charge in [-0.15, -0.1) is 0 Å². The summed E-state index contributed by atoms with van der Waals surface area (Å²) in [6.45, 7) is 8.79. The Balaban J connectivity index is 2.08. The molecular formula is C25H30N2O4. The standard InChI is InChI=1S/C25H30N2O4/c1-5-26(6-2)14-15-27-22(18-10-8-7-9-11-18)21(24(29)25(27)30)23(28)19-12-13-20(31-4)17(3)16-19/h7-13,16,22,28H,5-6,14-15H2,1-4H3/b23-21-. The topological polar surface area (TPSA) is 70.1 Å². The molecule has 0 spiro atoms. The molecule has 0 saturated carbocycles. The number of likely N-dealkylation sites (tertiary alicyclic amines) is 1. The maximum absolute atomic E-state index is 13.1. The molecule has 1 aliphatic rings. The highest BCUT2D eigenvalue weighted by atomic mass is 16.5. The molecule has 164 valence electrons. The lowest BCUT2D eigenvalue weighted by Crippen LogP contribution is -2.38. The Labute approximate surface area is 183 Å². The summed E-state index contributed by atoms with van der Waals surface area (Å²) in [6.07, 6.45) is 0. The van der Waals surface area contributed by atoms with Crippen molar-refractivity contribution in [1.29, 1.82) is 0 Å². The number of aryl methyl sites for hydroxylation is 1. The van der Waals surface area contributed by atoms with E-state index in [1.165, 1.54) is 0 Å². The largest absolute Gasteiger partial charge is 0.507 e. The van der Waals surface area contributed by atoms with Gasteiger partial charge in [-0.3, -0.25) is 9.59 Å². The van der Waals surface area contributed by atoms with Gasteiger partial charge < -0.3 is 19.6 Å². The first-order chi connectivity index (χ1) is 14.9. The van der Waals surface area contributed by atoms with Gasteiger partial charge in [-0.1, -0.05) is 44.2 Å². The van der Waals surface area contributed by atoms with E-state index >= 15 is 0 Å². The average molecular weight is 423 g/mol. The number of methoxy groups -OCH3 is 1. The number of amides is 1. The highest BCUT2D eigenvalue weighted by Gasteiger charge is 2.45. The Hall–Kier alpha value is -3.12. The van der Waals surface area contributed by atoms with Crippen LogP contribution in [0.15, 0.2) is 54.1 Å².